The zero-order valence-corrected chi connectivity index (χ0v) is 8.85. The fraction of sp³-hybridized carbons (Fsp3) is 0.300. The molecule has 0 aliphatic rings. The maximum atomic E-state index is 12.9. The second kappa shape index (κ2) is 4.61. The van der Waals surface area contributed by atoms with Gasteiger partial charge in [-0.05, 0) is 24.0 Å². The summed E-state index contributed by atoms with van der Waals surface area (Å²) in [7, 11) is 0. The third-order valence-electron chi connectivity index (χ3n) is 1.87. The van der Waals surface area contributed by atoms with Gasteiger partial charge in [0.25, 0.3) is 0 Å². The van der Waals surface area contributed by atoms with Gasteiger partial charge in [-0.15, -0.1) is 11.8 Å². The highest BCUT2D eigenvalue weighted by Crippen LogP contribution is 2.23. The Labute approximate surface area is 90.3 Å². The average Bonchev–Trinajstić information content (AvgIpc) is 2.17. The molecule has 0 radical (unpaired) electrons. The molecular formula is C10H10F2O2S. The van der Waals surface area contributed by atoms with Crippen molar-refractivity contribution in [2.75, 3.05) is 6.26 Å². The number of carbonyl (C=O) groups is 1. The first-order valence-electron chi connectivity index (χ1n) is 4.20. The first kappa shape index (κ1) is 12.0. The molecule has 0 saturated carbocycles. The van der Waals surface area contributed by atoms with E-state index >= 15 is 0 Å². The second-order valence-electron chi connectivity index (χ2n) is 3.04. The topological polar surface area (TPSA) is 37.3 Å². The summed E-state index contributed by atoms with van der Waals surface area (Å²) in [5, 5.41) is 8.27. The van der Waals surface area contributed by atoms with Gasteiger partial charge >= 0.3 is 11.9 Å². The number of rotatable bonds is 4. The maximum absolute atomic E-state index is 12.9. The van der Waals surface area contributed by atoms with Gasteiger partial charge in [-0.1, -0.05) is 12.1 Å². The molecule has 0 spiro atoms. The zero-order chi connectivity index (χ0) is 11.5. The van der Waals surface area contributed by atoms with Crippen LogP contribution in [0.25, 0.3) is 0 Å². The highest BCUT2D eigenvalue weighted by molar-refractivity contribution is 7.98. The third-order valence-corrected chi connectivity index (χ3v) is 2.60. The summed E-state index contributed by atoms with van der Waals surface area (Å²) in [5.41, 5.74) is 0.328. The molecule has 0 heterocycles. The third kappa shape index (κ3) is 3.20. The largest absolute Gasteiger partial charge is 0.477 e. The van der Waals surface area contributed by atoms with Crippen LogP contribution in [0, 0.1) is 0 Å². The van der Waals surface area contributed by atoms with Crippen LogP contribution in [0.5, 0.6) is 0 Å². The predicted octanol–water partition coefficient (Wildman–Crippen LogP) is 2.67. The molecule has 0 aliphatic carbocycles. The van der Waals surface area contributed by atoms with Crippen LogP contribution < -0.4 is 0 Å². The Hall–Kier alpha value is -1.10. The lowest BCUT2D eigenvalue weighted by Crippen LogP contribution is -2.30. The first-order chi connectivity index (χ1) is 6.95. The van der Waals surface area contributed by atoms with Crippen LogP contribution in [0.1, 0.15) is 5.56 Å². The average molecular weight is 232 g/mol. The fourth-order valence-corrected chi connectivity index (χ4v) is 1.60. The van der Waals surface area contributed by atoms with Crippen molar-refractivity contribution in [1.82, 2.24) is 0 Å². The van der Waals surface area contributed by atoms with E-state index in [0.717, 1.165) is 4.90 Å². The molecule has 0 amide bonds. The van der Waals surface area contributed by atoms with E-state index < -0.39 is 18.3 Å². The number of carboxylic acid groups (broad SMARTS) is 1. The Morgan fingerprint density at radius 3 is 2.73 bits per heavy atom. The Morgan fingerprint density at radius 2 is 2.20 bits per heavy atom. The highest BCUT2D eigenvalue weighted by Gasteiger charge is 2.38. The lowest BCUT2D eigenvalue weighted by Gasteiger charge is -2.11. The van der Waals surface area contributed by atoms with Crippen LogP contribution in [-0.4, -0.2) is 23.3 Å². The quantitative estimate of drug-likeness (QED) is 0.811. The van der Waals surface area contributed by atoms with E-state index in [-0.39, 0.29) is 0 Å². The number of carboxylic acids is 1. The minimum atomic E-state index is -3.70. The standard InChI is InChI=1S/C10H10F2O2S/c1-15-8-4-2-3-7(5-8)6-10(11,12)9(13)14/h2-5H,6H2,1H3,(H,13,14). The van der Waals surface area contributed by atoms with Crippen molar-refractivity contribution >= 4 is 17.7 Å². The van der Waals surface area contributed by atoms with Crippen LogP contribution in [-0.2, 0) is 11.2 Å². The summed E-state index contributed by atoms with van der Waals surface area (Å²) in [6, 6.07) is 6.49. The summed E-state index contributed by atoms with van der Waals surface area (Å²) in [4.78, 5) is 11.1. The zero-order valence-electron chi connectivity index (χ0n) is 8.04. The van der Waals surface area contributed by atoms with Gasteiger partial charge in [0.15, 0.2) is 0 Å². The van der Waals surface area contributed by atoms with E-state index in [0.29, 0.717) is 5.56 Å². The molecule has 1 N–H and O–H groups in total. The summed E-state index contributed by atoms with van der Waals surface area (Å²) < 4.78 is 25.7. The van der Waals surface area contributed by atoms with Crippen molar-refractivity contribution in [3.8, 4) is 0 Å². The minimum absolute atomic E-state index is 0.328. The normalized spacial score (nSPS) is 11.4. The van der Waals surface area contributed by atoms with Gasteiger partial charge in [0.05, 0.1) is 0 Å². The Bertz CT molecular complexity index is 366. The fourth-order valence-electron chi connectivity index (χ4n) is 1.11. The molecule has 0 unspecified atom stereocenters. The molecule has 0 saturated heterocycles. The van der Waals surface area contributed by atoms with Gasteiger partial charge in [-0.2, -0.15) is 8.78 Å². The summed E-state index contributed by atoms with van der Waals surface area (Å²) >= 11 is 1.43. The van der Waals surface area contributed by atoms with E-state index in [1.165, 1.54) is 17.8 Å². The van der Waals surface area contributed by atoms with Crippen LogP contribution in [0.3, 0.4) is 0 Å². The predicted molar refractivity (Wildman–Crippen MR) is 54.5 cm³/mol. The monoisotopic (exact) mass is 232 g/mol. The van der Waals surface area contributed by atoms with Gasteiger partial charge in [-0.3, -0.25) is 0 Å². The van der Waals surface area contributed by atoms with Crippen LogP contribution in [0.2, 0.25) is 0 Å². The molecular weight excluding hydrogens is 222 g/mol. The highest BCUT2D eigenvalue weighted by atomic mass is 32.2. The molecule has 1 aromatic rings. The second-order valence-corrected chi connectivity index (χ2v) is 3.92. The number of halogens is 2. The minimum Gasteiger partial charge on any atom is -0.477 e. The van der Waals surface area contributed by atoms with Gasteiger partial charge in [0.2, 0.25) is 0 Å². The first-order valence-corrected chi connectivity index (χ1v) is 5.42. The van der Waals surface area contributed by atoms with Gasteiger partial charge in [0, 0.05) is 11.3 Å². The molecule has 0 bridgehead atoms. The molecule has 2 nitrogen and oxygen atoms in total. The molecule has 1 rings (SSSR count). The SMILES string of the molecule is CSc1cccc(CC(F)(F)C(=O)O)c1. The molecule has 82 valence electrons. The lowest BCUT2D eigenvalue weighted by molar-refractivity contribution is -0.164. The van der Waals surface area contributed by atoms with Crippen molar-refractivity contribution < 1.29 is 18.7 Å². The van der Waals surface area contributed by atoms with E-state index in [9.17, 15) is 13.6 Å². The Morgan fingerprint density at radius 1 is 1.53 bits per heavy atom. The number of thioether (sulfide) groups is 1. The molecule has 15 heavy (non-hydrogen) atoms. The number of hydrogen-bond donors (Lipinski definition) is 1. The Balaban J connectivity index is 2.85. The summed E-state index contributed by atoms with van der Waals surface area (Å²) in [6.07, 6.45) is 1.06. The van der Waals surface area contributed by atoms with Crippen molar-refractivity contribution in [3.63, 3.8) is 0 Å². The van der Waals surface area contributed by atoms with Gasteiger partial charge in [-0.25, -0.2) is 4.79 Å². The molecule has 0 aromatic heterocycles. The molecule has 0 atom stereocenters. The Kier molecular flexibility index (Phi) is 3.68. The molecule has 0 fully saturated rings. The summed E-state index contributed by atoms with van der Waals surface area (Å²) in [5.74, 6) is -5.78. The number of hydrogen-bond acceptors (Lipinski definition) is 2. The smallest absolute Gasteiger partial charge is 0.374 e. The summed E-state index contributed by atoms with van der Waals surface area (Å²) in [6.45, 7) is 0. The van der Waals surface area contributed by atoms with Crippen molar-refractivity contribution in [2.24, 2.45) is 0 Å². The number of benzene rings is 1. The van der Waals surface area contributed by atoms with Crippen LogP contribution in [0.4, 0.5) is 8.78 Å². The molecule has 1 aromatic carbocycles. The maximum Gasteiger partial charge on any atom is 0.374 e. The lowest BCUT2D eigenvalue weighted by atomic mass is 10.1. The van der Waals surface area contributed by atoms with Gasteiger partial charge in [0.1, 0.15) is 0 Å². The van der Waals surface area contributed by atoms with E-state index in [1.54, 1.807) is 18.2 Å². The van der Waals surface area contributed by atoms with E-state index in [4.69, 9.17) is 5.11 Å². The molecule has 0 aliphatic heterocycles. The molecule has 5 heteroatoms. The van der Waals surface area contributed by atoms with Crippen molar-refractivity contribution in [1.29, 1.82) is 0 Å². The van der Waals surface area contributed by atoms with E-state index in [1.807, 2.05) is 6.26 Å². The van der Waals surface area contributed by atoms with Gasteiger partial charge < -0.3 is 5.11 Å². The van der Waals surface area contributed by atoms with Crippen LogP contribution in [0.15, 0.2) is 29.2 Å². The van der Waals surface area contributed by atoms with E-state index in [2.05, 4.69) is 0 Å². The van der Waals surface area contributed by atoms with Crippen LogP contribution >= 0.6 is 11.8 Å². The number of aliphatic carboxylic acids is 1. The van der Waals surface area contributed by atoms with Crippen molar-refractivity contribution in [2.45, 2.75) is 17.2 Å². The van der Waals surface area contributed by atoms with Crippen molar-refractivity contribution in [3.05, 3.63) is 29.8 Å². The number of alkyl halides is 2.